The summed E-state index contributed by atoms with van der Waals surface area (Å²) >= 11 is 0. The Morgan fingerprint density at radius 1 is 1.65 bits per heavy atom. The van der Waals surface area contributed by atoms with Gasteiger partial charge < -0.3 is 11.1 Å². The summed E-state index contributed by atoms with van der Waals surface area (Å²) in [6.45, 7) is 3.35. The van der Waals surface area contributed by atoms with E-state index < -0.39 is 0 Å². The van der Waals surface area contributed by atoms with Crippen molar-refractivity contribution in [3.8, 4) is 0 Å². The minimum atomic E-state index is 0.115. The largest absolute Gasteiger partial charge is 0.354 e. The summed E-state index contributed by atoms with van der Waals surface area (Å²) in [6.07, 6.45) is 6.51. The minimum Gasteiger partial charge on any atom is -0.354 e. The van der Waals surface area contributed by atoms with Gasteiger partial charge in [0.15, 0.2) is 0 Å². The Morgan fingerprint density at radius 3 is 3.06 bits per heavy atom. The number of nitrogens with one attached hydrogen (secondary N) is 1. The molecule has 5 heteroatoms. The fourth-order valence-electron chi connectivity index (χ4n) is 2.28. The lowest BCUT2D eigenvalue weighted by molar-refractivity contribution is -0.124. The number of rotatable bonds is 4. The van der Waals surface area contributed by atoms with Crippen LogP contribution in [0.1, 0.15) is 24.8 Å². The molecule has 1 saturated carbocycles. The Bertz CT molecular complexity index is 388. The third-order valence-electron chi connectivity index (χ3n) is 3.25. The highest BCUT2D eigenvalue weighted by Gasteiger charge is 2.27. The lowest BCUT2D eigenvalue weighted by atomic mass is 10.1. The minimum absolute atomic E-state index is 0.115. The molecule has 0 aromatic carbocycles. The lowest BCUT2D eigenvalue weighted by Crippen LogP contribution is -2.32. The van der Waals surface area contributed by atoms with Crippen LogP contribution in [0.2, 0.25) is 0 Å². The van der Waals surface area contributed by atoms with Crippen molar-refractivity contribution >= 4 is 5.91 Å². The van der Waals surface area contributed by atoms with Crippen LogP contribution in [0.5, 0.6) is 0 Å². The average molecular weight is 236 g/mol. The van der Waals surface area contributed by atoms with Gasteiger partial charge in [0.2, 0.25) is 5.91 Å². The van der Waals surface area contributed by atoms with Crippen molar-refractivity contribution in [1.29, 1.82) is 0 Å². The fourth-order valence-corrected chi connectivity index (χ4v) is 2.28. The van der Waals surface area contributed by atoms with Crippen molar-refractivity contribution < 1.29 is 4.79 Å². The Kier molecular flexibility index (Phi) is 3.78. The maximum Gasteiger partial charge on any atom is 0.223 e. The van der Waals surface area contributed by atoms with Crippen LogP contribution in [0, 0.1) is 12.8 Å². The molecule has 2 unspecified atom stereocenters. The van der Waals surface area contributed by atoms with E-state index in [1.165, 1.54) is 0 Å². The van der Waals surface area contributed by atoms with Crippen molar-refractivity contribution in [2.45, 2.75) is 38.8 Å². The van der Waals surface area contributed by atoms with E-state index in [0.29, 0.717) is 6.54 Å². The van der Waals surface area contributed by atoms with Gasteiger partial charge in [-0.3, -0.25) is 9.48 Å². The second kappa shape index (κ2) is 5.31. The highest BCUT2D eigenvalue weighted by atomic mass is 16.1. The van der Waals surface area contributed by atoms with E-state index in [4.69, 9.17) is 5.73 Å². The third-order valence-corrected chi connectivity index (χ3v) is 3.25. The molecule has 2 rings (SSSR count). The smallest absolute Gasteiger partial charge is 0.223 e. The lowest BCUT2D eigenvalue weighted by Gasteiger charge is -2.10. The Balaban J connectivity index is 1.70. The molecule has 1 aromatic rings. The van der Waals surface area contributed by atoms with Gasteiger partial charge in [0.25, 0.3) is 0 Å². The molecule has 5 nitrogen and oxygen atoms in total. The molecule has 1 fully saturated rings. The molecule has 0 bridgehead atoms. The van der Waals surface area contributed by atoms with Gasteiger partial charge in [-0.15, -0.1) is 0 Å². The average Bonchev–Trinajstić information content (AvgIpc) is 2.88. The maximum atomic E-state index is 11.8. The summed E-state index contributed by atoms with van der Waals surface area (Å²) in [4.78, 5) is 11.8. The first-order chi connectivity index (χ1) is 8.15. The van der Waals surface area contributed by atoms with Gasteiger partial charge in [-0.25, -0.2) is 0 Å². The second-order valence-corrected chi connectivity index (χ2v) is 4.84. The van der Waals surface area contributed by atoms with Crippen molar-refractivity contribution in [3.63, 3.8) is 0 Å². The van der Waals surface area contributed by atoms with Crippen molar-refractivity contribution in [1.82, 2.24) is 15.1 Å². The van der Waals surface area contributed by atoms with Crippen LogP contribution in [-0.2, 0) is 11.3 Å². The van der Waals surface area contributed by atoms with Crippen LogP contribution in [0.3, 0.4) is 0 Å². The summed E-state index contributed by atoms with van der Waals surface area (Å²) < 4.78 is 1.84. The number of carbonyl (C=O) groups is 1. The molecule has 1 aliphatic carbocycles. The Labute approximate surface area is 101 Å². The summed E-state index contributed by atoms with van der Waals surface area (Å²) in [5.74, 6) is 0.256. The van der Waals surface area contributed by atoms with Gasteiger partial charge in [-0.1, -0.05) is 0 Å². The molecule has 17 heavy (non-hydrogen) atoms. The monoisotopic (exact) mass is 236 g/mol. The normalized spacial score (nSPS) is 23.9. The molecule has 0 saturated heterocycles. The van der Waals surface area contributed by atoms with Gasteiger partial charge >= 0.3 is 0 Å². The number of carbonyl (C=O) groups excluding carboxylic acids is 1. The van der Waals surface area contributed by atoms with Crippen LogP contribution < -0.4 is 11.1 Å². The fraction of sp³-hybridized carbons (Fsp3) is 0.667. The molecule has 94 valence electrons. The summed E-state index contributed by atoms with van der Waals surface area (Å²) in [6, 6.07) is 0.208. The molecule has 1 aromatic heterocycles. The van der Waals surface area contributed by atoms with Gasteiger partial charge in [-0.05, 0) is 31.7 Å². The zero-order valence-corrected chi connectivity index (χ0v) is 10.2. The number of aryl methyl sites for hydroxylation is 1. The standard InChI is InChI=1S/C12H20N4O/c1-9-7-15-16(8-9)5-4-14-12(17)10-2-3-11(13)6-10/h7-8,10-11H,2-6,13H2,1H3,(H,14,17). The molecule has 1 amide bonds. The van der Waals surface area contributed by atoms with E-state index in [1.807, 2.05) is 24.0 Å². The molecule has 2 atom stereocenters. The Hall–Kier alpha value is -1.36. The van der Waals surface area contributed by atoms with E-state index in [2.05, 4.69) is 10.4 Å². The van der Waals surface area contributed by atoms with Crippen LogP contribution >= 0.6 is 0 Å². The molecule has 3 N–H and O–H groups in total. The van der Waals surface area contributed by atoms with E-state index >= 15 is 0 Å². The molecule has 1 aliphatic rings. The van der Waals surface area contributed by atoms with E-state index in [0.717, 1.165) is 31.4 Å². The van der Waals surface area contributed by atoms with Gasteiger partial charge in [-0.2, -0.15) is 5.10 Å². The van der Waals surface area contributed by atoms with Crippen LogP contribution in [-0.4, -0.2) is 28.3 Å². The third kappa shape index (κ3) is 3.30. The molecular formula is C12H20N4O. The van der Waals surface area contributed by atoms with E-state index in [9.17, 15) is 4.79 Å². The van der Waals surface area contributed by atoms with Gasteiger partial charge in [0, 0.05) is 24.7 Å². The molecular weight excluding hydrogens is 216 g/mol. The van der Waals surface area contributed by atoms with Gasteiger partial charge in [0.1, 0.15) is 0 Å². The number of hydrogen-bond acceptors (Lipinski definition) is 3. The van der Waals surface area contributed by atoms with Crippen molar-refractivity contribution in [3.05, 3.63) is 18.0 Å². The number of amides is 1. The van der Waals surface area contributed by atoms with Crippen LogP contribution in [0.15, 0.2) is 12.4 Å². The molecule has 1 heterocycles. The van der Waals surface area contributed by atoms with E-state index in [1.54, 1.807) is 0 Å². The van der Waals surface area contributed by atoms with Crippen LogP contribution in [0.25, 0.3) is 0 Å². The van der Waals surface area contributed by atoms with Crippen LogP contribution in [0.4, 0.5) is 0 Å². The number of aromatic nitrogens is 2. The molecule has 0 radical (unpaired) electrons. The molecule has 0 aliphatic heterocycles. The highest BCUT2D eigenvalue weighted by molar-refractivity contribution is 5.78. The molecule has 0 spiro atoms. The first-order valence-electron chi connectivity index (χ1n) is 6.17. The highest BCUT2D eigenvalue weighted by Crippen LogP contribution is 2.23. The van der Waals surface area contributed by atoms with E-state index in [-0.39, 0.29) is 17.9 Å². The zero-order chi connectivity index (χ0) is 12.3. The summed E-state index contributed by atoms with van der Waals surface area (Å²) in [7, 11) is 0. The summed E-state index contributed by atoms with van der Waals surface area (Å²) in [5, 5.41) is 7.12. The van der Waals surface area contributed by atoms with Crippen molar-refractivity contribution in [2.75, 3.05) is 6.54 Å². The first kappa shape index (κ1) is 12.1. The van der Waals surface area contributed by atoms with Crippen molar-refractivity contribution in [2.24, 2.45) is 11.7 Å². The second-order valence-electron chi connectivity index (χ2n) is 4.84. The topological polar surface area (TPSA) is 72.9 Å². The SMILES string of the molecule is Cc1cnn(CCNC(=O)C2CCC(N)C2)c1. The number of nitrogens with zero attached hydrogens (tertiary/aromatic N) is 2. The number of hydrogen-bond donors (Lipinski definition) is 2. The predicted octanol–water partition coefficient (Wildman–Crippen LogP) is 0.435. The quantitative estimate of drug-likeness (QED) is 0.796. The summed E-state index contributed by atoms with van der Waals surface area (Å²) in [5.41, 5.74) is 6.93. The Morgan fingerprint density at radius 2 is 2.47 bits per heavy atom. The maximum absolute atomic E-state index is 11.8. The number of nitrogens with two attached hydrogens (primary N) is 1. The predicted molar refractivity (Wildman–Crippen MR) is 65.3 cm³/mol. The zero-order valence-electron chi connectivity index (χ0n) is 10.2. The first-order valence-corrected chi connectivity index (χ1v) is 6.17. The van der Waals surface area contributed by atoms with Gasteiger partial charge in [0.05, 0.1) is 12.7 Å².